The van der Waals surface area contributed by atoms with E-state index in [1.165, 1.54) is 0 Å². The Morgan fingerprint density at radius 2 is 1.94 bits per heavy atom. The average molecular weight is 472 g/mol. The molecule has 1 saturated heterocycles. The van der Waals surface area contributed by atoms with Crippen LogP contribution in [0.25, 0.3) is 11.4 Å². The SMILES string of the molecule is Cc1ccc(-c2nc(SCC(=O)NC[C@H]3CCCO3)c(S(=O)(=O)c3ccccc3)[nH]2)cc1. The highest BCUT2D eigenvalue weighted by Gasteiger charge is 2.27. The van der Waals surface area contributed by atoms with E-state index >= 15 is 0 Å². The monoisotopic (exact) mass is 471 g/mol. The van der Waals surface area contributed by atoms with E-state index in [0.29, 0.717) is 12.4 Å². The van der Waals surface area contributed by atoms with Gasteiger partial charge in [-0.3, -0.25) is 4.79 Å². The Morgan fingerprint density at radius 3 is 2.62 bits per heavy atom. The molecule has 0 radical (unpaired) electrons. The zero-order valence-corrected chi connectivity index (χ0v) is 19.3. The molecule has 2 N–H and O–H groups in total. The third-order valence-electron chi connectivity index (χ3n) is 5.18. The second-order valence-electron chi connectivity index (χ2n) is 7.63. The lowest BCUT2D eigenvalue weighted by molar-refractivity contribution is -0.119. The summed E-state index contributed by atoms with van der Waals surface area (Å²) in [6.45, 7) is 3.17. The Balaban J connectivity index is 1.57. The van der Waals surface area contributed by atoms with Crippen LogP contribution in [0.3, 0.4) is 0 Å². The van der Waals surface area contributed by atoms with Crippen LogP contribution in [0, 0.1) is 6.92 Å². The number of H-pyrrole nitrogens is 1. The molecule has 1 amide bonds. The van der Waals surface area contributed by atoms with Gasteiger partial charge >= 0.3 is 0 Å². The number of aromatic amines is 1. The topological polar surface area (TPSA) is 101 Å². The van der Waals surface area contributed by atoms with Crippen LogP contribution in [-0.2, 0) is 19.4 Å². The van der Waals surface area contributed by atoms with Crippen LogP contribution in [0.1, 0.15) is 18.4 Å². The third kappa shape index (κ3) is 5.23. The molecule has 1 aromatic heterocycles. The summed E-state index contributed by atoms with van der Waals surface area (Å²) in [5, 5.41) is 3.13. The normalized spacial score (nSPS) is 16.2. The number of carbonyl (C=O) groups is 1. The first-order valence-corrected chi connectivity index (χ1v) is 12.9. The minimum Gasteiger partial charge on any atom is -0.376 e. The predicted octanol–water partition coefficient (Wildman–Crippen LogP) is 3.61. The van der Waals surface area contributed by atoms with Crippen molar-refractivity contribution in [3.05, 3.63) is 60.2 Å². The van der Waals surface area contributed by atoms with Crippen molar-refractivity contribution in [1.29, 1.82) is 0 Å². The van der Waals surface area contributed by atoms with Gasteiger partial charge in [0, 0.05) is 18.7 Å². The van der Waals surface area contributed by atoms with Gasteiger partial charge in [-0.1, -0.05) is 59.8 Å². The smallest absolute Gasteiger partial charge is 0.230 e. The molecule has 0 spiro atoms. The lowest BCUT2D eigenvalue weighted by Crippen LogP contribution is -2.32. The van der Waals surface area contributed by atoms with Crippen molar-refractivity contribution in [3.63, 3.8) is 0 Å². The number of sulfone groups is 1. The Bertz CT molecular complexity index is 1170. The summed E-state index contributed by atoms with van der Waals surface area (Å²) in [7, 11) is -3.83. The maximum atomic E-state index is 13.3. The first-order valence-electron chi connectivity index (χ1n) is 10.4. The van der Waals surface area contributed by atoms with Crippen LogP contribution < -0.4 is 5.32 Å². The van der Waals surface area contributed by atoms with Crippen molar-refractivity contribution in [2.45, 2.75) is 40.8 Å². The number of rotatable bonds is 8. The first-order chi connectivity index (χ1) is 15.4. The van der Waals surface area contributed by atoms with Gasteiger partial charge in [-0.25, -0.2) is 13.4 Å². The molecule has 0 saturated carbocycles. The number of amides is 1. The highest BCUT2D eigenvalue weighted by molar-refractivity contribution is 8.00. The van der Waals surface area contributed by atoms with Gasteiger partial charge in [-0.2, -0.15) is 0 Å². The molecule has 1 atom stereocenters. The number of hydrogen-bond donors (Lipinski definition) is 2. The molecule has 168 valence electrons. The second kappa shape index (κ2) is 9.89. The van der Waals surface area contributed by atoms with E-state index in [9.17, 15) is 13.2 Å². The fourth-order valence-electron chi connectivity index (χ4n) is 3.40. The molecule has 4 rings (SSSR count). The van der Waals surface area contributed by atoms with E-state index in [-0.39, 0.29) is 32.7 Å². The van der Waals surface area contributed by atoms with E-state index in [2.05, 4.69) is 15.3 Å². The number of imidazole rings is 1. The summed E-state index contributed by atoms with van der Waals surface area (Å²) in [6.07, 6.45) is 1.99. The number of benzene rings is 2. The summed E-state index contributed by atoms with van der Waals surface area (Å²) < 4.78 is 32.1. The summed E-state index contributed by atoms with van der Waals surface area (Å²) in [6, 6.07) is 15.9. The largest absolute Gasteiger partial charge is 0.376 e. The molecule has 9 heteroatoms. The van der Waals surface area contributed by atoms with Gasteiger partial charge < -0.3 is 15.0 Å². The lowest BCUT2D eigenvalue weighted by atomic mass is 10.1. The Kier molecular flexibility index (Phi) is 6.98. The molecule has 0 aliphatic carbocycles. The molecule has 7 nitrogen and oxygen atoms in total. The van der Waals surface area contributed by atoms with Crippen molar-refractivity contribution in [1.82, 2.24) is 15.3 Å². The minimum atomic E-state index is -3.83. The summed E-state index contributed by atoms with van der Waals surface area (Å²) in [5.41, 5.74) is 1.87. The molecule has 3 aromatic rings. The Labute approximate surface area is 191 Å². The van der Waals surface area contributed by atoms with E-state index in [1.807, 2.05) is 31.2 Å². The zero-order chi connectivity index (χ0) is 22.6. The van der Waals surface area contributed by atoms with E-state index < -0.39 is 9.84 Å². The van der Waals surface area contributed by atoms with Crippen molar-refractivity contribution in [2.24, 2.45) is 0 Å². The number of nitrogens with one attached hydrogen (secondary N) is 2. The minimum absolute atomic E-state index is 0.00352. The molecule has 1 aliphatic rings. The maximum Gasteiger partial charge on any atom is 0.230 e. The second-order valence-corrected chi connectivity index (χ2v) is 10.5. The van der Waals surface area contributed by atoms with E-state index in [0.717, 1.165) is 42.3 Å². The fourth-order valence-corrected chi connectivity index (χ4v) is 5.88. The molecule has 0 bridgehead atoms. The predicted molar refractivity (Wildman–Crippen MR) is 123 cm³/mol. The standard InChI is InChI=1S/C23H25N3O4S2/c1-16-9-11-17(12-10-16)21-25-22(31-15-20(27)24-14-18-6-5-13-30-18)23(26-21)32(28,29)19-7-3-2-4-8-19/h2-4,7-12,18H,5-6,13-15H2,1H3,(H,24,27)(H,25,26)/t18-/m1/s1. The molecule has 2 aromatic carbocycles. The molecule has 1 fully saturated rings. The van der Waals surface area contributed by atoms with Crippen molar-refractivity contribution < 1.29 is 17.9 Å². The Hall–Kier alpha value is -2.62. The molecule has 32 heavy (non-hydrogen) atoms. The fraction of sp³-hybridized carbons (Fsp3) is 0.304. The van der Waals surface area contributed by atoms with Crippen molar-refractivity contribution in [2.75, 3.05) is 18.9 Å². The molecular weight excluding hydrogens is 446 g/mol. The van der Waals surface area contributed by atoms with Gasteiger partial charge in [-0.15, -0.1) is 0 Å². The number of hydrogen-bond acceptors (Lipinski definition) is 6. The van der Waals surface area contributed by atoms with Crippen molar-refractivity contribution in [3.8, 4) is 11.4 Å². The van der Waals surface area contributed by atoms with E-state index in [1.54, 1.807) is 30.3 Å². The van der Waals surface area contributed by atoms with Crippen LogP contribution in [-0.4, -0.2) is 49.3 Å². The number of carbonyl (C=O) groups excluding carboxylic acids is 1. The van der Waals surface area contributed by atoms with Gasteiger partial charge in [0.1, 0.15) is 10.9 Å². The molecule has 1 aliphatic heterocycles. The first kappa shape index (κ1) is 22.6. The van der Waals surface area contributed by atoms with Crippen LogP contribution >= 0.6 is 11.8 Å². The highest BCUT2D eigenvalue weighted by Crippen LogP contribution is 2.32. The summed E-state index contributed by atoms with van der Waals surface area (Å²) in [5.74, 6) is 0.317. The van der Waals surface area contributed by atoms with Gasteiger partial charge in [0.15, 0.2) is 5.03 Å². The number of aryl methyl sites for hydroxylation is 1. The van der Waals surface area contributed by atoms with Gasteiger partial charge in [0.25, 0.3) is 0 Å². The maximum absolute atomic E-state index is 13.3. The number of thioether (sulfide) groups is 1. The lowest BCUT2D eigenvalue weighted by Gasteiger charge is -2.10. The highest BCUT2D eigenvalue weighted by atomic mass is 32.2. The third-order valence-corrected chi connectivity index (χ3v) is 8.01. The van der Waals surface area contributed by atoms with Crippen LogP contribution in [0.2, 0.25) is 0 Å². The number of aromatic nitrogens is 2. The number of ether oxygens (including phenoxy) is 1. The van der Waals surface area contributed by atoms with E-state index in [4.69, 9.17) is 4.74 Å². The average Bonchev–Trinajstić information content (AvgIpc) is 3.48. The van der Waals surface area contributed by atoms with Crippen LogP contribution in [0.15, 0.2) is 69.5 Å². The van der Waals surface area contributed by atoms with Crippen molar-refractivity contribution >= 4 is 27.5 Å². The van der Waals surface area contributed by atoms with Crippen LogP contribution in [0.5, 0.6) is 0 Å². The summed E-state index contributed by atoms with van der Waals surface area (Å²) in [4.78, 5) is 20.0. The quantitative estimate of drug-likeness (QED) is 0.487. The zero-order valence-electron chi connectivity index (χ0n) is 17.7. The molecule has 2 heterocycles. The summed E-state index contributed by atoms with van der Waals surface area (Å²) >= 11 is 1.10. The van der Waals surface area contributed by atoms with Gasteiger partial charge in [0.05, 0.1) is 16.8 Å². The number of nitrogens with zero attached hydrogens (tertiary/aromatic N) is 1. The Morgan fingerprint density at radius 1 is 1.19 bits per heavy atom. The van der Waals surface area contributed by atoms with Crippen LogP contribution in [0.4, 0.5) is 0 Å². The molecule has 0 unspecified atom stereocenters. The van der Waals surface area contributed by atoms with Gasteiger partial charge in [-0.05, 0) is 31.9 Å². The molecular formula is C23H25N3O4S2. The van der Waals surface area contributed by atoms with Gasteiger partial charge in [0.2, 0.25) is 15.7 Å².